The molecular formula is C7H16INO2S. The second-order valence-corrected chi connectivity index (χ2v) is 3.95. The number of hydrogen-bond acceptors (Lipinski definition) is 3. The summed E-state index contributed by atoms with van der Waals surface area (Å²) in [6.45, 7) is 1.58. The molecule has 0 radical (unpaired) electrons. The number of halogens is 1. The summed E-state index contributed by atoms with van der Waals surface area (Å²) in [7, 11) is 3.61. The van der Waals surface area contributed by atoms with Crippen LogP contribution >= 0.6 is 11.8 Å². The van der Waals surface area contributed by atoms with Gasteiger partial charge in [0.15, 0.2) is 5.37 Å². The molecule has 1 N–H and O–H groups in total. The molecule has 0 spiro atoms. The number of nitrogens with zero attached hydrogens (tertiary/aromatic N) is 1. The van der Waals surface area contributed by atoms with Gasteiger partial charge < -0.3 is 29.1 Å². The van der Waals surface area contributed by atoms with E-state index in [9.17, 15) is 4.79 Å². The standard InChI is InChI=1S/C7H16NO2S.HI/c1-6(10)8(2,3)7(5-9)11-4;/h7,9H,5H2,1-4H3;1H/q+1;/p-1. The molecule has 0 bridgehead atoms. The molecular weight excluding hydrogens is 289 g/mol. The lowest BCUT2D eigenvalue weighted by atomic mass is 10.4. The maximum absolute atomic E-state index is 11.1. The molecule has 0 aliphatic carbocycles. The summed E-state index contributed by atoms with van der Waals surface area (Å²) >= 11 is 1.51. The average Bonchev–Trinajstić information content (AvgIpc) is 1.89. The highest BCUT2D eigenvalue weighted by molar-refractivity contribution is 7.99. The summed E-state index contributed by atoms with van der Waals surface area (Å²) < 4.78 is 0.234. The second-order valence-electron chi connectivity index (χ2n) is 2.93. The molecule has 0 aromatic heterocycles. The molecule has 0 fully saturated rings. The zero-order chi connectivity index (χ0) is 9.07. The fourth-order valence-corrected chi connectivity index (χ4v) is 1.57. The van der Waals surface area contributed by atoms with Crippen LogP contribution in [0.5, 0.6) is 0 Å². The first-order chi connectivity index (χ1) is 4.96. The van der Waals surface area contributed by atoms with E-state index in [4.69, 9.17) is 5.11 Å². The molecule has 1 atom stereocenters. The van der Waals surface area contributed by atoms with Crippen LogP contribution in [0.4, 0.5) is 0 Å². The first-order valence-electron chi connectivity index (χ1n) is 3.45. The molecule has 0 saturated heterocycles. The molecule has 3 nitrogen and oxygen atoms in total. The van der Waals surface area contributed by atoms with Crippen LogP contribution in [0.15, 0.2) is 0 Å². The van der Waals surface area contributed by atoms with Crippen LogP contribution in [0, 0.1) is 0 Å². The Balaban J connectivity index is 0. The van der Waals surface area contributed by atoms with Crippen LogP contribution in [-0.4, -0.2) is 47.8 Å². The van der Waals surface area contributed by atoms with Gasteiger partial charge in [-0.25, -0.2) is 4.79 Å². The first-order valence-corrected chi connectivity index (χ1v) is 4.74. The van der Waals surface area contributed by atoms with E-state index in [2.05, 4.69) is 0 Å². The fraction of sp³-hybridized carbons (Fsp3) is 0.857. The third kappa shape index (κ3) is 3.59. The van der Waals surface area contributed by atoms with Crippen LogP contribution < -0.4 is 24.0 Å². The number of aliphatic hydroxyl groups is 1. The van der Waals surface area contributed by atoms with Gasteiger partial charge in [0.25, 0.3) is 0 Å². The molecule has 0 rings (SSSR count). The van der Waals surface area contributed by atoms with E-state index in [0.717, 1.165) is 0 Å². The Morgan fingerprint density at radius 3 is 2.08 bits per heavy atom. The monoisotopic (exact) mass is 305 g/mol. The van der Waals surface area contributed by atoms with E-state index in [-0.39, 0.29) is 46.3 Å². The lowest BCUT2D eigenvalue weighted by molar-refractivity contribution is -0.824. The summed E-state index contributed by atoms with van der Waals surface area (Å²) in [4.78, 5) is 11.1. The smallest absolute Gasteiger partial charge is 0.311 e. The summed E-state index contributed by atoms with van der Waals surface area (Å²) in [5.74, 6) is 0.0680. The molecule has 12 heavy (non-hydrogen) atoms. The lowest BCUT2D eigenvalue weighted by Crippen LogP contribution is -3.00. The third-order valence-electron chi connectivity index (χ3n) is 1.96. The quantitative estimate of drug-likeness (QED) is 0.350. The average molecular weight is 305 g/mol. The maximum Gasteiger partial charge on any atom is 0.311 e. The number of aliphatic hydroxyl groups excluding tert-OH is 1. The van der Waals surface area contributed by atoms with E-state index in [1.807, 2.05) is 6.26 Å². The fourth-order valence-electron chi connectivity index (χ4n) is 0.745. The second kappa shape index (κ2) is 6.17. The van der Waals surface area contributed by atoms with Crippen molar-refractivity contribution in [3.05, 3.63) is 0 Å². The third-order valence-corrected chi connectivity index (χ3v) is 3.18. The van der Waals surface area contributed by atoms with Crippen molar-refractivity contribution in [3.8, 4) is 0 Å². The molecule has 0 aromatic rings. The highest BCUT2D eigenvalue weighted by Gasteiger charge is 2.31. The zero-order valence-corrected chi connectivity index (χ0v) is 10.8. The summed E-state index contributed by atoms with van der Waals surface area (Å²) in [5.41, 5.74) is 0. The van der Waals surface area contributed by atoms with E-state index < -0.39 is 0 Å². The number of amides is 1. The minimum atomic E-state index is -0.0486. The summed E-state index contributed by atoms with van der Waals surface area (Å²) in [5, 5.41) is 8.87. The van der Waals surface area contributed by atoms with Gasteiger partial charge in [-0.05, 0) is 6.26 Å². The first kappa shape index (κ1) is 15.2. The van der Waals surface area contributed by atoms with Gasteiger partial charge in [0.2, 0.25) is 0 Å². The minimum Gasteiger partial charge on any atom is -1.00 e. The number of thioether (sulfide) groups is 1. The van der Waals surface area contributed by atoms with Gasteiger partial charge in [0.1, 0.15) is 6.61 Å². The number of rotatable bonds is 3. The number of quaternary nitrogens is 1. The Kier molecular flexibility index (Phi) is 7.80. The summed E-state index contributed by atoms with van der Waals surface area (Å²) in [6.07, 6.45) is 1.89. The van der Waals surface area contributed by atoms with Crippen molar-refractivity contribution in [1.82, 2.24) is 0 Å². The van der Waals surface area contributed by atoms with Crippen LogP contribution in [-0.2, 0) is 4.79 Å². The Morgan fingerprint density at radius 2 is 2.00 bits per heavy atom. The van der Waals surface area contributed by atoms with Gasteiger partial charge in [-0.15, -0.1) is 0 Å². The van der Waals surface area contributed by atoms with Gasteiger partial charge in [0, 0.05) is 0 Å². The van der Waals surface area contributed by atoms with E-state index in [0.29, 0.717) is 0 Å². The van der Waals surface area contributed by atoms with Gasteiger partial charge in [-0.3, -0.25) is 4.48 Å². The molecule has 1 unspecified atom stereocenters. The van der Waals surface area contributed by atoms with Gasteiger partial charge >= 0.3 is 5.91 Å². The van der Waals surface area contributed by atoms with Crippen molar-refractivity contribution in [3.63, 3.8) is 0 Å². The Morgan fingerprint density at radius 1 is 1.58 bits per heavy atom. The predicted octanol–water partition coefficient (Wildman–Crippen LogP) is -2.71. The van der Waals surface area contributed by atoms with Crippen LogP contribution in [0.25, 0.3) is 0 Å². The van der Waals surface area contributed by atoms with Crippen molar-refractivity contribution < 1.29 is 38.4 Å². The SMILES string of the molecule is CSC(CO)[N+](C)(C)C(C)=O.[I-]. The van der Waals surface area contributed by atoms with Crippen LogP contribution in [0.1, 0.15) is 6.92 Å². The van der Waals surface area contributed by atoms with E-state index in [1.54, 1.807) is 21.0 Å². The number of likely N-dealkylation sites (N-methyl/N-ethyl adjacent to an activating group) is 1. The molecule has 1 amide bonds. The van der Waals surface area contributed by atoms with E-state index in [1.165, 1.54) is 11.8 Å². The van der Waals surface area contributed by atoms with Crippen molar-refractivity contribution in [2.75, 3.05) is 27.0 Å². The Labute approximate surface area is 95.1 Å². The minimum absolute atomic E-state index is 0. The highest BCUT2D eigenvalue weighted by Crippen LogP contribution is 2.16. The van der Waals surface area contributed by atoms with Crippen LogP contribution in [0.2, 0.25) is 0 Å². The Bertz CT molecular complexity index is 148. The number of hydrogen-bond donors (Lipinski definition) is 1. The van der Waals surface area contributed by atoms with Gasteiger partial charge in [0.05, 0.1) is 21.0 Å². The van der Waals surface area contributed by atoms with Crippen molar-refractivity contribution in [2.45, 2.75) is 12.3 Å². The molecule has 0 saturated carbocycles. The topological polar surface area (TPSA) is 37.3 Å². The maximum atomic E-state index is 11.1. The molecule has 0 aromatic carbocycles. The number of carbonyl (C=O) groups excluding carboxylic acids is 1. The number of carbonyl (C=O) groups is 1. The van der Waals surface area contributed by atoms with Crippen molar-refractivity contribution >= 4 is 17.7 Å². The zero-order valence-electron chi connectivity index (χ0n) is 7.87. The summed E-state index contributed by atoms with van der Waals surface area (Å²) in [6, 6.07) is 0. The largest absolute Gasteiger partial charge is 1.00 e. The molecule has 0 heterocycles. The molecule has 0 aliphatic rings. The van der Waals surface area contributed by atoms with Gasteiger partial charge in [-0.2, -0.15) is 0 Å². The van der Waals surface area contributed by atoms with Gasteiger partial charge in [-0.1, -0.05) is 11.8 Å². The van der Waals surface area contributed by atoms with Crippen molar-refractivity contribution in [2.24, 2.45) is 0 Å². The molecule has 74 valence electrons. The highest BCUT2D eigenvalue weighted by atomic mass is 127. The normalized spacial score (nSPS) is 13.4. The van der Waals surface area contributed by atoms with E-state index >= 15 is 0 Å². The predicted molar refractivity (Wildman–Crippen MR) is 47.2 cm³/mol. The molecule has 0 aliphatic heterocycles. The molecule has 5 heteroatoms. The lowest BCUT2D eigenvalue weighted by Gasteiger charge is -2.31. The van der Waals surface area contributed by atoms with Crippen LogP contribution in [0.3, 0.4) is 0 Å². The van der Waals surface area contributed by atoms with Crippen molar-refractivity contribution in [1.29, 1.82) is 0 Å². The Hall–Kier alpha value is 0.670.